The molecule has 27 heavy (non-hydrogen) atoms. The lowest BCUT2D eigenvalue weighted by molar-refractivity contribution is -0.0454. The van der Waals surface area contributed by atoms with Gasteiger partial charge in [0.2, 0.25) is 0 Å². The minimum absolute atomic E-state index is 0.227. The molecule has 2 aliphatic rings. The number of piperidine rings is 1. The number of ether oxygens (including phenoxy) is 2. The molecule has 1 aliphatic heterocycles. The van der Waals surface area contributed by atoms with Gasteiger partial charge in [0.1, 0.15) is 5.75 Å². The molecule has 4 nitrogen and oxygen atoms in total. The molecule has 1 heterocycles. The number of unbranched alkanes of at least 4 members (excludes halogenated alkanes) is 1. The van der Waals surface area contributed by atoms with Crippen molar-refractivity contribution in [3.05, 3.63) is 29.8 Å². The Morgan fingerprint density at radius 2 is 1.93 bits per heavy atom. The molecule has 1 unspecified atom stereocenters. The molecule has 1 saturated carbocycles. The monoisotopic (exact) mass is 375 g/mol. The Kier molecular flexibility index (Phi) is 7.98. The molecule has 1 aromatic rings. The van der Waals surface area contributed by atoms with E-state index in [2.05, 4.69) is 11.4 Å². The van der Waals surface area contributed by atoms with Crippen LogP contribution in [0.5, 0.6) is 5.75 Å². The number of hydrogen-bond acceptors (Lipinski definition) is 4. The standard InChI is InChI=1S/C23H37NO3/c1-26-16-7-6-14-23(25,20-11-8-15-24-17-20)21-12-4-5-13-22(21)27-18-19-9-2-3-10-19/h4-5,12-13,19-20,24-25H,2-3,6-11,14-18H2,1H3/t20?,23-/m0/s1. The average Bonchev–Trinajstić information content (AvgIpc) is 3.24. The first-order valence-electron chi connectivity index (χ1n) is 10.9. The SMILES string of the molecule is COCCCC[C@@](O)(c1ccccc1OCC1CCCC1)C1CCCNC1. The fourth-order valence-corrected chi connectivity index (χ4v) is 4.79. The zero-order chi connectivity index (χ0) is 19.0. The van der Waals surface area contributed by atoms with Gasteiger partial charge in [-0.2, -0.15) is 0 Å². The maximum Gasteiger partial charge on any atom is 0.125 e. The van der Waals surface area contributed by atoms with Crippen molar-refractivity contribution in [3.63, 3.8) is 0 Å². The van der Waals surface area contributed by atoms with Crippen molar-refractivity contribution < 1.29 is 14.6 Å². The van der Waals surface area contributed by atoms with Crippen LogP contribution in [-0.4, -0.2) is 38.5 Å². The van der Waals surface area contributed by atoms with Gasteiger partial charge in [0.25, 0.3) is 0 Å². The molecule has 1 saturated heterocycles. The number of hydrogen-bond donors (Lipinski definition) is 2. The summed E-state index contributed by atoms with van der Waals surface area (Å²) in [6.07, 6.45) is 10.1. The molecule has 0 amide bonds. The molecule has 3 rings (SSSR count). The minimum Gasteiger partial charge on any atom is -0.493 e. The van der Waals surface area contributed by atoms with E-state index in [0.29, 0.717) is 5.92 Å². The van der Waals surface area contributed by atoms with Gasteiger partial charge in [0.05, 0.1) is 12.2 Å². The Morgan fingerprint density at radius 3 is 2.67 bits per heavy atom. The van der Waals surface area contributed by atoms with Crippen molar-refractivity contribution >= 4 is 0 Å². The van der Waals surface area contributed by atoms with E-state index in [9.17, 15) is 5.11 Å². The van der Waals surface area contributed by atoms with Crippen LogP contribution in [0.1, 0.15) is 63.4 Å². The van der Waals surface area contributed by atoms with Crippen LogP contribution in [0.15, 0.2) is 24.3 Å². The fraction of sp³-hybridized carbons (Fsp3) is 0.739. The number of benzene rings is 1. The van der Waals surface area contributed by atoms with Crippen LogP contribution >= 0.6 is 0 Å². The fourth-order valence-electron chi connectivity index (χ4n) is 4.79. The molecular formula is C23H37NO3. The summed E-state index contributed by atoms with van der Waals surface area (Å²) < 4.78 is 11.5. The summed E-state index contributed by atoms with van der Waals surface area (Å²) in [4.78, 5) is 0. The number of methoxy groups -OCH3 is 1. The molecule has 0 spiro atoms. The Balaban J connectivity index is 1.77. The zero-order valence-electron chi connectivity index (χ0n) is 16.9. The molecule has 1 aromatic carbocycles. The van der Waals surface area contributed by atoms with E-state index < -0.39 is 5.60 Å². The quantitative estimate of drug-likeness (QED) is 0.600. The first-order chi connectivity index (χ1) is 13.2. The maximum atomic E-state index is 11.9. The summed E-state index contributed by atoms with van der Waals surface area (Å²) in [7, 11) is 1.74. The second-order valence-electron chi connectivity index (χ2n) is 8.38. The second-order valence-corrected chi connectivity index (χ2v) is 8.38. The van der Waals surface area contributed by atoms with Crippen LogP contribution < -0.4 is 10.1 Å². The Morgan fingerprint density at radius 1 is 1.11 bits per heavy atom. The topological polar surface area (TPSA) is 50.7 Å². The van der Waals surface area contributed by atoms with E-state index in [1.54, 1.807) is 7.11 Å². The zero-order valence-corrected chi connectivity index (χ0v) is 16.9. The molecule has 0 radical (unpaired) electrons. The highest BCUT2D eigenvalue weighted by molar-refractivity contribution is 5.39. The third-order valence-corrected chi connectivity index (χ3v) is 6.43. The van der Waals surface area contributed by atoms with E-state index in [4.69, 9.17) is 9.47 Å². The Labute approximate surface area is 164 Å². The van der Waals surface area contributed by atoms with Crippen LogP contribution in [0.4, 0.5) is 0 Å². The van der Waals surface area contributed by atoms with Crippen LogP contribution in [0.3, 0.4) is 0 Å². The predicted octanol–water partition coefficient (Wildman–Crippen LogP) is 4.26. The summed E-state index contributed by atoms with van der Waals surface area (Å²) in [5, 5.41) is 15.4. The Bertz CT molecular complexity index is 552. The van der Waals surface area contributed by atoms with Crippen molar-refractivity contribution in [1.82, 2.24) is 5.32 Å². The van der Waals surface area contributed by atoms with Crippen molar-refractivity contribution in [2.75, 3.05) is 33.4 Å². The predicted molar refractivity (Wildman–Crippen MR) is 109 cm³/mol. The summed E-state index contributed by atoms with van der Waals surface area (Å²) in [6.45, 7) is 3.45. The molecule has 1 aliphatic carbocycles. The molecule has 0 bridgehead atoms. The van der Waals surface area contributed by atoms with Gasteiger partial charge in [-0.1, -0.05) is 31.0 Å². The summed E-state index contributed by atoms with van der Waals surface area (Å²) >= 11 is 0. The minimum atomic E-state index is -0.840. The highest BCUT2D eigenvalue weighted by Crippen LogP contribution is 2.42. The van der Waals surface area contributed by atoms with Gasteiger partial charge >= 0.3 is 0 Å². The molecule has 2 N–H and O–H groups in total. The van der Waals surface area contributed by atoms with Crippen molar-refractivity contribution in [2.45, 2.75) is 63.4 Å². The van der Waals surface area contributed by atoms with Gasteiger partial charge in [-0.05, 0) is 63.5 Å². The first-order valence-corrected chi connectivity index (χ1v) is 10.9. The molecule has 2 atom stereocenters. The van der Waals surface area contributed by atoms with Gasteiger partial charge in [-0.15, -0.1) is 0 Å². The van der Waals surface area contributed by atoms with Gasteiger partial charge in [-0.25, -0.2) is 0 Å². The van der Waals surface area contributed by atoms with E-state index in [0.717, 1.165) is 69.7 Å². The second kappa shape index (κ2) is 10.4. The van der Waals surface area contributed by atoms with Crippen molar-refractivity contribution in [2.24, 2.45) is 11.8 Å². The number of nitrogens with one attached hydrogen (secondary N) is 1. The van der Waals surface area contributed by atoms with Gasteiger partial charge in [0, 0.05) is 31.7 Å². The third-order valence-electron chi connectivity index (χ3n) is 6.43. The summed E-state index contributed by atoms with van der Waals surface area (Å²) in [5.74, 6) is 1.78. The number of para-hydroxylation sites is 1. The van der Waals surface area contributed by atoms with Crippen LogP contribution in [-0.2, 0) is 10.3 Å². The lowest BCUT2D eigenvalue weighted by Crippen LogP contribution is -2.44. The average molecular weight is 376 g/mol. The van der Waals surface area contributed by atoms with Gasteiger partial charge in [-0.3, -0.25) is 0 Å². The highest BCUT2D eigenvalue weighted by atomic mass is 16.5. The molecule has 0 aromatic heterocycles. The largest absolute Gasteiger partial charge is 0.493 e. The van der Waals surface area contributed by atoms with Crippen LogP contribution in [0, 0.1) is 11.8 Å². The summed E-state index contributed by atoms with van der Waals surface area (Å²) in [5.41, 5.74) is 0.141. The number of rotatable bonds is 10. The molecule has 2 fully saturated rings. The van der Waals surface area contributed by atoms with Crippen molar-refractivity contribution in [1.29, 1.82) is 0 Å². The molecular weight excluding hydrogens is 338 g/mol. The van der Waals surface area contributed by atoms with Crippen molar-refractivity contribution in [3.8, 4) is 5.75 Å². The summed E-state index contributed by atoms with van der Waals surface area (Å²) in [6, 6.07) is 8.18. The van der Waals surface area contributed by atoms with E-state index >= 15 is 0 Å². The van der Waals surface area contributed by atoms with Crippen LogP contribution in [0.25, 0.3) is 0 Å². The smallest absolute Gasteiger partial charge is 0.125 e. The van der Waals surface area contributed by atoms with E-state index in [-0.39, 0.29) is 5.92 Å². The first kappa shape index (κ1) is 20.6. The Hall–Kier alpha value is -1.10. The lowest BCUT2D eigenvalue weighted by atomic mass is 9.74. The van der Waals surface area contributed by atoms with Crippen LogP contribution in [0.2, 0.25) is 0 Å². The number of aliphatic hydroxyl groups is 1. The molecule has 4 heteroatoms. The lowest BCUT2D eigenvalue weighted by Gasteiger charge is -2.40. The normalized spacial score (nSPS) is 23.3. The highest BCUT2D eigenvalue weighted by Gasteiger charge is 2.40. The van der Waals surface area contributed by atoms with Gasteiger partial charge < -0.3 is 19.9 Å². The van der Waals surface area contributed by atoms with E-state index in [1.165, 1.54) is 25.7 Å². The van der Waals surface area contributed by atoms with E-state index in [1.807, 2.05) is 18.2 Å². The van der Waals surface area contributed by atoms with Gasteiger partial charge in [0.15, 0.2) is 0 Å². The third kappa shape index (κ3) is 5.46. The maximum absolute atomic E-state index is 11.9. The molecule has 152 valence electrons.